The molecule has 4 rings (SSSR count). The van der Waals surface area contributed by atoms with Crippen molar-refractivity contribution in [3.05, 3.63) is 89.5 Å². The molecule has 1 aliphatic heterocycles. The summed E-state index contributed by atoms with van der Waals surface area (Å²) in [5.74, 6) is -1.07. The molecular weight excluding hydrogens is 500 g/mol. The van der Waals surface area contributed by atoms with Crippen LogP contribution in [0.2, 0.25) is 5.02 Å². The number of hydrazone groups is 1. The predicted octanol–water partition coefficient (Wildman–Crippen LogP) is 3.76. The summed E-state index contributed by atoms with van der Waals surface area (Å²) in [5, 5.41) is 16.8. The van der Waals surface area contributed by atoms with Gasteiger partial charge in [0.2, 0.25) is 5.88 Å². The van der Waals surface area contributed by atoms with Gasteiger partial charge in [-0.3, -0.25) is 14.6 Å². The molecule has 0 saturated heterocycles. The lowest BCUT2D eigenvalue weighted by atomic mass is 10.1. The minimum absolute atomic E-state index is 0.120. The number of rotatable bonds is 3. The van der Waals surface area contributed by atoms with Gasteiger partial charge in [-0.25, -0.2) is 9.36 Å². The summed E-state index contributed by atoms with van der Waals surface area (Å²) in [5.41, 5.74) is 0.286. The zero-order chi connectivity index (χ0) is 23.2. The average molecular weight is 516 g/mol. The van der Waals surface area contributed by atoms with E-state index in [1.807, 2.05) is 13.0 Å². The molecule has 2 heterocycles. The SMILES string of the molecule is CC1=NN(c2ccc(Br)cc2C)C(=O)C1=Cc1c(O)n(-c2ccc(Cl)cc2)c(=O)[nH]c1=O. The van der Waals surface area contributed by atoms with Gasteiger partial charge >= 0.3 is 5.69 Å². The molecule has 0 fully saturated rings. The Bertz CT molecular complexity index is 1440. The summed E-state index contributed by atoms with van der Waals surface area (Å²) in [6, 6.07) is 11.5. The fourth-order valence-corrected chi connectivity index (χ4v) is 3.95. The maximum atomic E-state index is 13.1. The van der Waals surface area contributed by atoms with Crippen LogP contribution >= 0.6 is 27.5 Å². The predicted molar refractivity (Wildman–Crippen MR) is 127 cm³/mol. The van der Waals surface area contributed by atoms with Crippen molar-refractivity contribution in [1.29, 1.82) is 0 Å². The molecule has 8 nitrogen and oxygen atoms in total. The van der Waals surface area contributed by atoms with Crippen molar-refractivity contribution >= 4 is 50.9 Å². The first kappa shape index (κ1) is 21.8. The van der Waals surface area contributed by atoms with Crippen LogP contribution in [-0.2, 0) is 4.79 Å². The molecule has 0 atom stereocenters. The molecule has 0 spiro atoms. The van der Waals surface area contributed by atoms with Crippen molar-refractivity contribution in [2.45, 2.75) is 13.8 Å². The van der Waals surface area contributed by atoms with Crippen LogP contribution in [0.25, 0.3) is 11.8 Å². The number of benzene rings is 2. The number of hydrogen-bond donors (Lipinski definition) is 2. The van der Waals surface area contributed by atoms with E-state index in [1.54, 1.807) is 31.2 Å². The quantitative estimate of drug-likeness (QED) is 0.518. The lowest BCUT2D eigenvalue weighted by Crippen LogP contribution is -2.30. The summed E-state index contributed by atoms with van der Waals surface area (Å²) in [7, 11) is 0. The molecule has 3 aromatic rings. The fourth-order valence-electron chi connectivity index (χ4n) is 3.35. The number of carbonyl (C=O) groups excluding carboxylic acids is 1. The molecule has 0 saturated carbocycles. The minimum atomic E-state index is -0.830. The van der Waals surface area contributed by atoms with E-state index in [9.17, 15) is 19.5 Å². The van der Waals surface area contributed by atoms with Crippen LogP contribution in [0, 0.1) is 6.92 Å². The van der Waals surface area contributed by atoms with Crippen LogP contribution in [-0.4, -0.2) is 26.3 Å². The zero-order valence-electron chi connectivity index (χ0n) is 16.9. The molecular formula is C22H16BrClN4O4. The normalized spacial score (nSPS) is 14.9. The van der Waals surface area contributed by atoms with E-state index in [2.05, 4.69) is 26.0 Å². The summed E-state index contributed by atoms with van der Waals surface area (Å²) >= 11 is 9.28. The number of nitrogens with zero attached hydrogens (tertiary/aromatic N) is 3. The molecule has 1 aromatic heterocycles. The van der Waals surface area contributed by atoms with Gasteiger partial charge in [0.1, 0.15) is 5.56 Å². The molecule has 0 unspecified atom stereocenters. The number of anilines is 1. The molecule has 162 valence electrons. The maximum Gasteiger partial charge on any atom is 0.335 e. The van der Waals surface area contributed by atoms with E-state index in [0.717, 1.165) is 14.6 Å². The van der Waals surface area contributed by atoms with Gasteiger partial charge in [-0.05, 0) is 68.0 Å². The number of carbonyl (C=O) groups is 1. The van der Waals surface area contributed by atoms with Crippen LogP contribution in [0.3, 0.4) is 0 Å². The number of nitrogens with one attached hydrogen (secondary N) is 1. The van der Waals surface area contributed by atoms with Gasteiger partial charge in [-0.1, -0.05) is 27.5 Å². The number of halogens is 2. The lowest BCUT2D eigenvalue weighted by molar-refractivity contribution is -0.114. The minimum Gasteiger partial charge on any atom is -0.494 e. The smallest absolute Gasteiger partial charge is 0.335 e. The fraction of sp³-hybridized carbons (Fsp3) is 0.0909. The van der Waals surface area contributed by atoms with E-state index >= 15 is 0 Å². The van der Waals surface area contributed by atoms with Gasteiger partial charge in [-0.15, -0.1) is 0 Å². The summed E-state index contributed by atoms with van der Waals surface area (Å²) in [6.45, 7) is 3.47. The molecule has 0 aliphatic carbocycles. The Kier molecular flexibility index (Phi) is 5.62. The van der Waals surface area contributed by atoms with Crippen LogP contribution in [0.15, 0.2) is 67.2 Å². The number of aryl methyl sites for hydroxylation is 1. The van der Waals surface area contributed by atoms with Crippen LogP contribution in [0.4, 0.5) is 5.69 Å². The zero-order valence-corrected chi connectivity index (χ0v) is 19.2. The number of amides is 1. The molecule has 1 aliphatic rings. The number of H-pyrrole nitrogens is 1. The van der Waals surface area contributed by atoms with Gasteiger partial charge < -0.3 is 5.11 Å². The summed E-state index contributed by atoms with van der Waals surface area (Å²) in [4.78, 5) is 40.1. The Labute approximate surface area is 195 Å². The second-order valence-corrected chi connectivity index (χ2v) is 8.45. The number of aromatic nitrogens is 2. The third-order valence-corrected chi connectivity index (χ3v) is 5.69. The first-order chi connectivity index (χ1) is 15.2. The standard InChI is InChI=1S/C22H16BrClN4O4/c1-11-9-13(23)3-8-18(11)28-21(31)16(12(2)26-28)10-17-19(29)25-22(32)27(20(17)30)15-6-4-14(24)5-7-15/h3-10,30H,1-2H3,(H,25,29,32). The topological polar surface area (TPSA) is 108 Å². The second-order valence-electron chi connectivity index (χ2n) is 7.10. The van der Waals surface area contributed by atoms with Crippen molar-refractivity contribution in [3.63, 3.8) is 0 Å². The average Bonchev–Trinajstić information content (AvgIpc) is 3.00. The number of aromatic amines is 1. The number of aromatic hydroxyl groups is 1. The Morgan fingerprint density at radius 1 is 1.09 bits per heavy atom. The van der Waals surface area contributed by atoms with E-state index in [4.69, 9.17) is 11.6 Å². The van der Waals surface area contributed by atoms with E-state index in [1.165, 1.54) is 23.2 Å². The molecule has 0 bridgehead atoms. The van der Waals surface area contributed by atoms with Crippen molar-refractivity contribution in [1.82, 2.24) is 9.55 Å². The Morgan fingerprint density at radius 2 is 1.78 bits per heavy atom. The highest BCUT2D eigenvalue weighted by molar-refractivity contribution is 9.10. The first-order valence-electron chi connectivity index (χ1n) is 9.39. The van der Waals surface area contributed by atoms with Gasteiger partial charge in [0, 0.05) is 9.50 Å². The largest absolute Gasteiger partial charge is 0.494 e. The summed E-state index contributed by atoms with van der Waals surface area (Å²) in [6.07, 6.45) is 1.23. The van der Waals surface area contributed by atoms with E-state index < -0.39 is 23.0 Å². The van der Waals surface area contributed by atoms with Gasteiger partial charge in [0.05, 0.1) is 22.7 Å². The Balaban J connectivity index is 1.82. The molecule has 10 heteroatoms. The van der Waals surface area contributed by atoms with Crippen molar-refractivity contribution in [3.8, 4) is 11.6 Å². The van der Waals surface area contributed by atoms with E-state index in [0.29, 0.717) is 22.1 Å². The van der Waals surface area contributed by atoms with Gasteiger partial charge in [0.15, 0.2) is 0 Å². The van der Waals surface area contributed by atoms with Crippen LogP contribution < -0.4 is 16.3 Å². The van der Waals surface area contributed by atoms with Crippen molar-refractivity contribution in [2.24, 2.45) is 5.10 Å². The monoisotopic (exact) mass is 514 g/mol. The first-order valence-corrected chi connectivity index (χ1v) is 10.6. The van der Waals surface area contributed by atoms with E-state index in [-0.39, 0.29) is 11.1 Å². The van der Waals surface area contributed by atoms with Gasteiger partial charge in [-0.2, -0.15) is 10.1 Å². The Hall–Kier alpha value is -3.43. The third-order valence-electron chi connectivity index (χ3n) is 4.94. The highest BCUT2D eigenvalue weighted by Crippen LogP contribution is 2.30. The van der Waals surface area contributed by atoms with Crippen molar-refractivity contribution < 1.29 is 9.90 Å². The molecule has 2 N–H and O–H groups in total. The molecule has 2 aromatic carbocycles. The Morgan fingerprint density at radius 3 is 2.44 bits per heavy atom. The van der Waals surface area contributed by atoms with Gasteiger partial charge in [0.25, 0.3) is 11.5 Å². The lowest BCUT2D eigenvalue weighted by Gasteiger charge is -2.15. The molecule has 32 heavy (non-hydrogen) atoms. The van der Waals surface area contributed by atoms with Crippen molar-refractivity contribution in [2.75, 3.05) is 5.01 Å². The van der Waals surface area contributed by atoms with Crippen LogP contribution in [0.1, 0.15) is 18.1 Å². The highest BCUT2D eigenvalue weighted by Gasteiger charge is 2.30. The molecule has 0 radical (unpaired) electrons. The third kappa shape index (κ3) is 3.80. The highest BCUT2D eigenvalue weighted by atomic mass is 79.9. The summed E-state index contributed by atoms with van der Waals surface area (Å²) < 4.78 is 1.79. The molecule has 1 amide bonds. The number of hydrogen-bond acceptors (Lipinski definition) is 5. The maximum absolute atomic E-state index is 13.1. The van der Waals surface area contributed by atoms with Crippen LogP contribution in [0.5, 0.6) is 5.88 Å². The second kappa shape index (κ2) is 8.25.